The number of benzene rings is 2. The number of halogens is 1. The number of carbonyl (C=O) groups is 1. The van der Waals surface area contributed by atoms with Gasteiger partial charge in [-0.05, 0) is 36.2 Å². The minimum absolute atomic E-state index is 0.0122. The van der Waals surface area contributed by atoms with E-state index >= 15 is 0 Å². The fourth-order valence-electron chi connectivity index (χ4n) is 2.00. The lowest BCUT2D eigenvalue weighted by Gasteiger charge is -2.05. The van der Waals surface area contributed by atoms with E-state index in [0.717, 1.165) is 5.56 Å². The Morgan fingerprint density at radius 1 is 1.25 bits per heavy atom. The highest BCUT2D eigenvalue weighted by Crippen LogP contribution is 2.19. The van der Waals surface area contributed by atoms with Gasteiger partial charge < -0.3 is 0 Å². The van der Waals surface area contributed by atoms with E-state index in [4.69, 9.17) is 11.6 Å². The Morgan fingerprint density at radius 2 is 2.00 bits per heavy atom. The van der Waals surface area contributed by atoms with Crippen LogP contribution in [-0.2, 0) is 6.42 Å². The Morgan fingerprint density at radius 3 is 2.60 bits per heavy atom. The van der Waals surface area contributed by atoms with Crippen molar-refractivity contribution in [2.24, 2.45) is 0 Å². The molecule has 0 aromatic heterocycles. The van der Waals surface area contributed by atoms with Crippen molar-refractivity contribution < 1.29 is 9.72 Å². The molecule has 0 radical (unpaired) electrons. The largest absolute Gasteiger partial charge is 0.294 e. The normalized spacial score (nSPS) is 10.3. The molecule has 2 rings (SSSR count). The van der Waals surface area contributed by atoms with Crippen LogP contribution in [0.25, 0.3) is 0 Å². The van der Waals surface area contributed by atoms with Crippen LogP contribution in [0.2, 0.25) is 5.02 Å². The van der Waals surface area contributed by atoms with E-state index in [-0.39, 0.29) is 17.9 Å². The molecule has 0 bridgehead atoms. The first-order valence-corrected chi connectivity index (χ1v) is 6.38. The molecule has 5 heteroatoms. The second kappa shape index (κ2) is 5.84. The minimum Gasteiger partial charge on any atom is -0.294 e. The molecule has 0 fully saturated rings. The number of Topliss-reactive ketones (excluding diaryl/α,β-unsaturated/α-hetero) is 1. The molecule has 0 unspecified atom stereocenters. The van der Waals surface area contributed by atoms with Crippen molar-refractivity contribution in [2.75, 3.05) is 0 Å². The molecule has 4 nitrogen and oxygen atoms in total. The minimum atomic E-state index is -0.474. The summed E-state index contributed by atoms with van der Waals surface area (Å²) in [5.74, 6) is -0.0836. The molecule has 20 heavy (non-hydrogen) atoms. The first-order valence-electron chi connectivity index (χ1n) is 6.00. The predicted molar refractivity (Wildman–Crippen MR) is 77.3 cm³/mol. The lowest BCUT2D eigenvalue weighted by molar-refractivity contribution is -0.384. The van der Waals surface area contributed by atoms with Gasteiger partial charge in [-0.25, -0.2) is 0 Å². The summed E-state index contributed by atoms with van der Waals surface area (Å²) in [5.41, 5.74) is 1.91. The van der Waals surface area contributed by atoms with E-state index in [1.807, 2.05) is 6.07 Å². The van der Waals surface area contributed by atoms with Crippen molar-refractivity contribution in [3.8, 4) is 0 Å². The molecule has 2 aromatic carbocycles. The standard InChI is InChI=1S/C15H12ClNO3/c1-10-7-13(17(19)20)5-6-14(10)15(18)9-11-3-2-4-12(16)8-11/h2-8H,9H2,1H3. The summed E-state index contributed by atoms with van der Waals surface area (Å²) in [6.45, 7) is 1.69. The summed E-state index contributed by atoms with van der Waals surface area (Å²) in [7, 11) is 0. The van der Waals surface area contributed by atoms with Gasteiger partial charge >= 0.3 is 0 Å². The maximum atomic E-state index is 12.2. The number of hydrogen-bond donors (Lipinski definition) is 0. The highest BCUT2D eigenvalue weighted by atomic mass is 35.5. The average molecular weight is 290 g/mol. The number of hydrogen-bond acceptors (Lipinski definition) is 3. The van der Waals surface area contributed by atoms with Crippen molar-refractivity contribution >= 4 is 23.1 Å². The van der Waals surface area contributed by atoms with E-state index in [1.54, 1.807) is 25.1 Å². The Labute approximate surface area is 121 Å². The molecule has 0 aliphatic heterocycles. The lowest BCUT2D eigenvalue weighted by Crippen LogP contribution is -2.06. The summed E-state index contributed by atoms with van der Waals surface area (Å²) >= 11 is 5.87. The Kier molecular flexibility index (Phi) is 4.15. The van der Waals surface area contributed by atoms with E-state index in [1.165, 1.54) is 18.2 Å². The van der Waals surface area contributed by atoms with E-state index in [2.05, 4.69) is 0 Å². The number of nitrogens with zero attached hydrogens (tertiary/aromatic N) is 1. The van der Waals surface area contributed by atoms with Crippen molar-refractivity contribution in [3.05, 3.63) is 74.3 Å². The third kappa shape index (κ3) is 3.22. The molecule has 0 atom stereocenters. The molecule has 0 aliphatic rings. The predicted octanol–water partition coefficient (Wildman–Crippen LogP) is 3.98. The zero-order chi connectivity index (χ0) is 14.7. The maximum Gasteiger partial charge on any atom is 0.269 e. The van der Waals surface area contributed by atoms with Gasteiger partial charge in [0, 0.05) is 29.1 Å². The number of nitro benzene ring substituents is 1. The van der Waals surface area contributed by atoms with Gasteiger partial charge in [0.2, 0.25) is 0 Å². The molecule has 0 aliphatic carbocycles. The van der Waals surface area contributed by atoms with E-state index in [9.17, 15) is 14.9 Å². The van der Waals surface area contributed by atoms with Crippen LogP contribution in [0.5, 0.6) is 0 Å². The van der Waals surface area contributed by atoms with Crippen molar-refractivity contribution in [1.82, 2.24) is 0 Å². The average Bonchev–Trinajstić information content (AvgIpc) is 2.38. The van der Waals surface area contributed by atoms with Gasteiger partial charge in [-0.3, -0.25) is 14.9 Å². The Bertz CT molecular complexity index is 683. The molecule has 2 aromatic rings. The molecule has 0 N–H and O–H groups in total. The number of carbonyl (C=O) groups excluding carboxylic acids is 1. The molecule has 0 heterocycles. The van der Waals surface area contributed by atoms with Gasteiger partial charge in [0.05, 0.1) is 4.92 Å². The quantitative estimate of drug-likeness (QED) is 0.486. The maximum absolute atomic E-state index is 12.2. The lowest BCUT2D eigenvalue weighted by atomic mass is 9.99. The van der Waals surface area contributed by atoms with Crippen LogP contribution in [-0.4, -0.2) is 10.7 Å². The highest BCUT2D eigenvalue weighted by molar-refractivity contribution is 6.30. The molecular formula is C15H12ClNO3. The topological polar surface area (TPSA) is 60.2 Å². The summed E-state index contributed by atoms with van der Waals surface area (Å²) in [6.07, 6.45) is 0.221. The molecular weight excluding hydrogens is 278 g/mol. The molecule has 0 saturated carbocycles. The van der Waals surface area contributed by atoms with E-state index in [0.29, 0.717) is 16.1 Å². The van der Waals surface area contributed by atoms with Gasteiger partial charge in [-0.15, -0.1) is 0 Å². The van der Waals surface area contributed by atoms with Crippen LogP contribution in [0, 0.1) is 17.0 Å². The van der Waals surface area contributed by atoms with Crippen molar-refractivity contribution in [1.29, 1.82) is 0 Å². The Hall–Kier alpha value is -2.20. The molecule has 0 spiro atoms. The van der Waals surface area contributed by atoms with Crippen LogP contribution < -0.4 is 0 Å². The fourth-order valence-corrected chi connectivity index (χ4v) is 2.21. The Balaban J connectivity index is 2.23. The van der Waals surface area contributed by atoms with Gasteiger partial charge in [0.15, 0.2) is 5.78 Å². The fraction of sp³-hybridized carbons (Fsp3) is 0.133. The summed E-state index contributed by atoms with van der Waals surface area (Å²) in [5, 5.41) is 11.2. The van der Waals surface area contributed by atoms with Crippen LogP contribution >= 0.6 is 11.6 Å². The smallest absolute Gasteiger partial charge is 0.269 e. The first-order chi connectivity index (χ1) is 9.47. The molecule has 102 valence electrons. The SMILES string of the molecule is Cc1cc([N+](=O)[O-])ccc1C(=O)Cc1cccc(Cl)c1. The second-order valence-electron chi connectivity index (χ2n) is 4.49. The number of non-ortho nitro benzene ring substituents is 1. The highest BCUT2D eigenvalue weighted by Gasteiger charge is 2.14. The van der Waals surface area contributed by atoms with Crippen LogP contribution in [0.3, 0.4) is 0 Å². The van der Waals surface area contributed by atoms with E-state index < -0.39 is 4.92 Å². The number of aryl methyl sites for hydroxylation is 1. The first kappa shape index (κ1) is 14.2. The van der Waals surface area contributed by atoms with Crippen molar-refractivity contribution in [2.45, 2.75) is 13.3 Å². The van der Waals surface area contributed by atoms with Crippen LogP contribution in [0.1, 0.15) is 21.5 Å². The monoisotopic (exact) mass is 289 g/mol. The van der Waals surface area contributed by atoms with Crippen LogP contribution in [0.15, 0.2) is 42.5 Å². The van der Waals surface area contributed by atoms with Gasteiger partial charge in [0.1, 0.15) is 0 Å². The second-order valence-corrected chi connectivity index (χ2v) is 4.92. The molecule has 0 saturated heterocycles. The third-order valence-corrected chi connectivity index (χ3v) is 3.21. The van der Waals surface area contributed by atoms with Gasteiger partial charge in [0.25, 0.3) is 5.69 Å². The van der Waals surface area contributed by atoms with Gasteiger partial charge in [-0.2, -0.15) is 0 Å². The zero-order valence-electron chi connectivity index (χ0n) is 10.8. The van der Waals surface area contributed by atoms with Gasteiger partial charge in [-0.1, -0.05) is 23.7 Å². The number of nitro groups is 1. The molecule has 0 amide bonds. The van der Waals surface area contributed by atoms with Crippen molar-refractivity contribution in [3.63, 3.8) is 0 Å². The zero-order valence-corrected chi connectivity index (χ0v) is 11.6. The summed E-state index contributed by atoms with van der Waals surface area (Å²) < 4.78 is 0. The number of ketones is 1. The van der Waals surface area contributed by atoms with Crippen LogP contribution in [0.4, 0.5) is 5.69 Å². The summed E-state index contributed by atoms with van der Waals surface area (Å²) in [4.78, 5) is 22.4. The third-order valence-electron chi connectivity index (χ3n) is 2.97. The summed E-state index contributed by atoms with van der Waals surface area (Å²) in [6, 6.07) is 11.3. The number of rotatable bonds is 4.